The first-order chi connectivity index (χ1) is 5.24. The fourth-order valence-corrected chi connectivity index (χ4v) is 1.52. The molecule has 2 heteroatoms. The van der Waals surface area contributed by atoms with Crippen LogP contribution >= 0.6 is 0 Å². The van der Waals surface area contributed by atoms with E-state index in [2.05, 4.69) is 31.2 Å². The first kappa shape index (κ1) is 9.01. The van der Waals surface area contributed by atoms with Gasteiger partial charge in [0.1, 0.15) is 0 Å². The summed E-state index contributed by atoms with van der Waals surface area (Å²) in [4.78, 5) is 2.32. The van der Waals surface area contributed by atoms with Gasteiger partial charge in [-0.15, -0.1) is 0 Å². The normalized spacial score (nSPS) is 30.5. The van der Waals surface area contributed by atoms with Gasteiger partial charge >= 0.3 is 0 Å². The highest BCUT2D eigenvalue weighted by molar-refractivity contribution is 4.89. The molecule has 0 aromatic carbocycles. The molecule has 66 valence electrons. The summed E-state index contributed by atoms with van der Waals surface area (Å²) in [6.45, 7) is 3.40. The predicted octanol–water partition coefficient (Wildman–Crippen LogP) is 1.08. The Labute approximate surface area is 70.0 Å². The molecule has 2 nitrogen and oxygen atoms in total. The van der Waals surface area contributed by atoms with E-state index in [1.54, 1.807) is 0 Å². The van der Waals surface area contributed by atoms with E-state index in [0.717, 1.165) is 12.1 Å². The third-order valence-corrected chi connectivity index (χ3v) is 2.53. The summed E-state index contributed by atoms with van der Waals surface area (Å²) in [5, 5.41) is 3.53. The maximum absolute atomic E-state index is 3.53. The third-order valence-electron chi connectivity index (χ3n) is 2.53. The summed E-state index contributed by atoms with van der Waals surface area (Å²) in [6, 6.07) is 1.65. The van der Waals surface area contributed by atoms with Crippen molar-refractivity contribution in [3.8, 4) is 0 Å². The van der Waals surface area contributed by atoms with E-state index in [9.17, 15) is 0 Å². The second kappa shape index (κ2) is 4.07. The van der Waals surface area contributed by atoms with Crippen molar-refractivity contribution in [3.05, 3.63) is 0 Å². The molecule has 0 bridgehead atoms. The second-order valence-electron chi connectivity index (χ2n) is 3.74. The van der Waals surface area contributed by atoms with Crippen LogP contribution in [0.2, 0.25) is 0 Å². The maximum Gasteiger partial charge on any atom is 0.0119 e. The van der Waals surface area contributed by atoms with Gasteiger partial charge in [0.2, 0.25) is 0 Å². The Morgan fingerprint density at radius 1 is 1.36 bits per heavy atom. The molecular weight excluding hydrogens is 136 g/mol. The Morgan fingerprint density at radius 3 is 2.45 bits per heavy atom. The molecule has 1 saturated carbocycles. The smallest absolute Gasteiger partial charge is 0.0119 e. The fourth-order valence-electron chi connectivity index (χ4n) is 1.52. The summed E-state index contributed by atoms with van der Waals surface area (Å²) >= 11 is 0. The highest BCUT2D eigenvalue weighted by Crippen LogP contribution is 2.23. The molecule has 0 unspecified atom stereocenters. The molecular formula is C9H20N2. The van der Waals surface area contributed by atoms with Crippen LogP contribution in [0.15, 0.2) is 0 Å². The van der Waals surface area contributed by atoms with Crippen molar-refractivity contribution in [2.45, 2.75) is 38.3 Å². The lowest BCUT2D eigenvalue weighted by Crippen LogP contribution is -2.50. The molecule has 0 aromatic heterocycles. The van der Waals surface area contributed by atoms with E-state index in [0.29, 0.717) is 0 Å². The minimum Gasteiger partial charge on any atom is -0.314 e. The lowest BCUT2D eigenvalue weighted by molar-refractivity contribution is 0.146. The summed E-state index contributed by atoms with van der Waals surface area (Å²) < 4.78 is 0. The number of hydrogen-bond acceptors (Lipinski definition) is 2. The molecule has 1 rings (SSSR count). The summed E-state index contributed by atoms with van der Waals surface area (Å²) in [6.07, 6.45) is 3.93. The molecule has 0 saturated heterocycles. The zero-order valence-corrected chi connectivity index (χ0v) is 7.93. The zero-order chi connectivity index (χ0) is 8.27. The van der Waals surface area contributed by atoms with Crippen molar-refractivity contribution in [2.75, 3.05) is 20.6 Å². The molecule has 11 heavy (non-hydrogen) atoms. The van der Waals surface area contributed by atoms with E-state index in [4.69, 9.17) is 0 Å². The molecule has 0 heterocycles. The average Bonchev–Trinajstić information content (AvgIpc) is 1.84. The standard InChI is InChI=1S/C9H20N2/c1-4-5-10-8-6-9(7-8)11(2)3/h8-10H,4-7H2,1-3H3. The lowest BCUT2D eigenvalue weighted by atomic mass is 9.86. The van der Waals surface area contributed by atoms with Crippen molar-refractivity contribution >= 4 is 0 Å². The minimum atomic E-state index is 0.808. The van der Waals surface area contributed by atoms with Gasteiger partial charge in [0, 0.05) is 12.1 Å². The number of nitrogens with zero attached hydrogens (tertiary/aromatic N) is 1. The Bertz CT molecular complexity index is 106. The second-order valence-corrected chi connectivity index (χ2v) is 3.74. The van der Waals surface area contributed by atoms with Gasteiger partial charge < -0.3 is 10.2 Å². The predicted molar refractivity (Wildman–Crippen MR) is 48.8 cm³/mol. The molecule has 0 radical (unpaired) electrons. The topological polar surface area (TPSA) is 15.3 Å². The van der Waals surface area contributed by atoms with Gasteiger partial charge in [-0.05, 0) is 39.9 Å². The van der Waals surface area contributed by atoms with E-state index >= 15 is 0 Å². The summed E-state index contributed by atoms with van der Waals surface area (Å²) in [5.41, 5.74) is 0. The van der Waals surface area contributed by atoms with Crippen LogP contribution in [-0.4, -0.2) is 37.6 Å². The first-order valence-electron chi connectivity index (χ1n) is 4.63. The fraction of sp³-hybridized carbons (Fsp3) is 1.00. The van der Waals surface area contributed by atoms with Crippen molar-refractivity contribution in [3.63, 3.8) is 0 Å². The van der Waals surface area contributed by atoms with Crippen LogP contribution in [0.5, 0.6) is 0 Å². The summed E-state index contributed by atoms with van der Waals surface area (Å²) in [5.74, 6) is 0. The Hall–Kier alpha value is -0.0800. The highest BCUT2D eigenvalue weighted by Gasteiger charge is 2.29. The van der Waals surface area contributed by atoms with Crippen molar-refractivity contribution < 1.29 is 0 Å². The van der Waals surface area contributed by atoms with E-state index in [1.165, 1.54) is 25.8 Å². The minimum absolute atomic E-state index is 0.808. The van der Waals surface area contributed by atoms with Crippen LogP contribution in [0, 0.1) is 0 Å². The van der Waals surface area contributed by atoms with Gasteiger partial charge in [-0.25, -0.2) is 0 Å². The van der Waals surface area contributed by atoms with Gasteiger partial charge in [-0.1, -0.05) is 6.92 Å². The Balaban J connectivity index is 2.00. The molecule has 1 aliphatic rings. The maximum atomic E-state index is 3.53. The largest absolute Gasteiger partial charge is 0.314 e. The average molecular weight is 156 g/mol. The molecule has 1 aliphatic carbocycles. The Morgan fingerprint density at radius 2 is 2.00 bits per heavy atom. The van der Waals surface area contributed by atoms with Gasteiger partial charge in [0.25, 0.3) is 0 Å². The van der Waals surface area contributed by atoms with Gasteiger partial charge in [-0.2, -0.15) is 0 Å². The van der Waals surface area contributed by atoms with Gasteiger partial charge in [0.15, 0.2) is 0 Å². The monoisotopic (exact) mass is 156 g/mol. The van der Waals surface area contributed by atoms with Gasteiger partial charge in [0.05, 0.1) is 0 Å². The quantitative estimate of drug-likeness (QED) is 0.655. The first-order valence-corrected chi connectivity index (χ1v) is 4.63. The Kier molecular flexibility index (Phi) is 3.34. The molecule has 0 atom stereocenters. The van der Waals surface area contributed by atoms with Crippen molar-refractivity contribution in [1.29, 1.82) is 0 Å². The van der Waals surface area contributed by atoms with Crippen LogP contribution in [0.3, 0.4) is 0 Å². The lowest BCUT2D eigenvalue weighted by Gasteiger charge is -2.40. The molecule has 0 amide bonds. The van der Waals surface area contributed by atoms with E-state index in [1.807, 2.05) is 0 Å². The highest BCUT2D eigenvalue weighted by atomic mass is 15.1. The SMILES string of the molecule is CCCNC1CC(N(C)C)C1. The van der Waals surface area contributed by atoms with E-state index in [-0.39, 0.29) is 0 Å². The van der Waals surface area contributed by atoms with Crippen LogP contribution < -0.4 is 5.32 Å². The van der Waals surface area contributed by atoms with Crippen LogP contribution in [0.25, 0.3) is 0 Å². The molecule has 1 N–H and O–H groups in total. The van der Waals surface area contributed by atoms with Crippen LogP contribution in [-0.2, 0) is 0 Å². The third kappa shape index (κ3) is 2.46. The zero-order valence-electron chi connectivity index (χ0n) is 7.93. The molecule has 0 spiro atoms. The van der Waals surface area contributed by atoms with Crippen LogP contribution in [0.1, 0.15) is 26.2 Å². The van der Waals surface area contributed by atoms with E-state index < -0.39 is 0 Å². The van der Waals surface area contributed by atoms with Crippen LogP contribution in [0.4, 0.5) is 0 Å². The number of rotatable bonds is 4. The summed E-state index contributed by atoms with van der Waals surface area (Å²) in [7, 11) is 4.33. The van der Waals surface area contributed by atoms with Gasteiger partial charge in [-0.3, -0.25) is 0 Å². The van der Waals surface area contributed by atoms with Crippen molar-refractivity contribution in [1.82, 2.24) is 10.2 Å². The number of hydrogen-bond donors (Lipinski definition) is 1. The molecule has 0 aliphatic heterocycles. The number of nitrogens with one attached hydrogen (secondary N) is 1. The van der Waals surface area contributed by atoms with Crippen molar-refractivity contribution in [2.24, 2.45) is 0 Å². The molecule has 1 fully saturated rings. The molecule has 0 aromatic rings.